The monoisotopic (exact) mass is 292 g/mol. The van der Waals surface area contributed by atoms with E-state index in [0.29, 0.717) is 18.1 Å². The molecule has 0 fully saturated rings. The average molecular weight is 292 g/mol. The molecule has 0 unspecified atom stereocenters. The predicted molar refractivity (Wildman–Crippen MR) is 84.7 cm³/mol. The molecule has 0 saturated carbocycles. The van der Waals surface area contributed by atoms with Gasteiger partial charge in [0.05, 0.1) is 6.54 Å². The third-order valence-corrected chi connectivity index (χ3v) is 3.35. The quantitative estimate of drug-likeness (QED) is 0.804. The summed E-state index contributed by atoms with van der Waals surface area (Å²) in [5.74, 6) is 0.247. The molecule has 1 aromatic heterocycles. The molecule has 2 aromatic carbocycles. The van der Waals surface area contributed by atoms with Crippen LogP contribution in [0.4, 0.5) is 5.95 Å². The second-order valence-corrected chi connectivity index (χ2v) is 5.09. The van der Waals surface area contributed by atoms with E-state index in [1.54, 1.807) is 23.0 Å². The first-order valence-corrected chi connectivity index (χ1v) is 7.02. The van der Waals surface area contributed by atoms with E-state index < -0.39 is 0 Å². The summed E-state index contributed by atoms with van der Waals surface area (Å²) < 4.78 is 1.81. The summed E-state index contributed by atoms with van der Waals surface area (Å²) in [6.07, 6.45) is 1.61. The number of hydrogen-bond donors (Lipinski definition) is 1. The molecule has 0 radical (unpaired) electrons. The Labute approximate surface area is 128 Å². The van der Waals surface area contributed by atoms with E-state index in [9.17, 15) is 4.79 Å². The van der Waals surface area contributed by atoms with Gasteiger partial charge < -0.3 is 0 Å². The highest BCUT2D eigenvalue weighted by molar-refractivity contribution is 6.03. The highest BCUT2D eigenvalue weighted by Gasteiger charge is 2.10. The molecule has 0 atom stereocenters. The highest BCUT2D eigenvalue weighted by atomic mass is 16.1. The van der Waals surface area contributed by atoms with Crippen molar-refractivity contribution in [3.8, 4) is 0 Å². The number of aryl methyl sites for hydroxylation is 1. The molecule has 5 nitrogen and oxygen atoms in total. The van der Waals surface area contributed by atoms with Crippen LogP contribution >= 0.6 is 0 Å². The Morgan fingerprint density at radius 2 is 1.82 bits per heavy atom. The van der Waals surface area contributed by atoms with Crippen molar-refractivity contribution in [1.29, 1.82) is 0 Å². The van der Waals surface area contributed by atoms with Crippen LogP contribution in [0.3, 0.4) is 0 Å². The fourth-order valence-electron chi connectivity index (χ4n) is 2.13. The Morgan fingerprint density at radius 3 is 2.55 bits per heavy atom. The van der Waals surface area contributed by atoms with Gasteiger partial charge >= 0.3 is 0 Å². The number of nitrogens with zero attached hydrogens (tertiary/aromatic N) is 3. The predicted octanol–water partition coefficient (Wildman–Crippen LogP) is 2.89. The molecule has 1 heterocycles. The third kappa shape index (κ3) is 3.20. The van der Waals surface area contributed by atoms with E-state index >= 15 is 0 Å². The molecule has 110 valence electrons. The molecule has 0 bridgehead atoms. The van der Waals surface area contributed by atoms with E-state index in [1.165, 1.54) is 0 Å². The largest absolute Gasteiger partial charge is 0.295 e. The first-order chi connectivity index (χ1) is 10.7. The van der Waals surface area contributed by atoms with Gasteiger partial charge in [0.2, 0.25) is 5.95 Å². The number of rotatable bonds is 4. The first kappa shape index (κ1) is 14.0. The van der Waals surface area contributed by atoms with Crippen molar-refractivity contribution in [2.24, 2.45) is 0 Å². The van der Waals surface area contributed by atoms with Gasteiger partial charge in [-0.05, 0) is 24.6 Å². The smallest absolute Gasteiger partial charge is 0.258 e. The minimum absolute atomic E-state index is 0.192. The summed E-state index contributed by atoms with van der Waals surface area (Å²) >= 11 is 0. The highest BCUT2D eigenvalue weighted by Crippen LogP contribution is 2.10. The SMILES string of the molecule is Cc1ccc(C(=O)Nc2nncn2Cc2ccccc2)cc1. The van der Waals surface area contributed by atoms with E-state index in [0.717, 1.165) is 11.1 Å². The summed E-state index contributed by atoms with van der Waals surface area (Å²) in [5, 5.41) is 10.7. The zero-order chi connectivity index (χ0) is 15.4. The zero-order valence-corrected chi connectivity index (χ0v) is 12.2. The van der Waals surface area contributed by atoms with Crippen LogP contribution in [0.1, 0.15) is 21.5 Å². The molecule has 0 aliphatic heterocycles. The lowest BCUT2D eigenvalue weighted by atomic mass is 10.1. The summed E-state index contributed by atoms with van der Waals surface area (Å²) in [7, 11) is 0. The zero-order valence-electron chi connectivity index (χ0n) is 12.2. The van der Waals surface area contributed by atoms with Crippen LogP contribution in [0.2, 0.25) is 0 Å². The topological polar surface area (TPSA) is 59.8 Å². The number of aromatic nitrogens is 3. The lowest BCUT2D eigenvalue weighted by molar-refractivity contribution is 0.102. The Balaban J connectivity index is 1.75. The van der Waals surface area contributed by atoms with E-state index in [2.05, 4.69) is 15.5 Å². The van der Waals surface area contributed by atoms with Crippen LogP contribution in [-0.2, 0) is 6.54 Å². The summed E-state index contributed by atoms with van der Waals surface area (Å²) in [5.41, 5.74) is 2.83. The number of amides is 1. The number of benzene rings is 2. The number of anilines is 1. The van der Waals surface area contributed by atoms with E-state index in [-0.39, 0.29) is 5.91 Å². The normalized spacial score (nSPS) is 10.4. The molecule has 1 amide bonds. The van der Waals surface area contributed by atoms with Crippen molar-refractivity contribution in [3.63, 3.8) is 0 Å². The minimum atomic E-state index is -0.192. The maximum Gasteiger partial charge on any atom is 0.258 e. The molecule has 0 aliphatic carbocycles. The van der Waals surface area contributed by atoms with Crippen molar-refractivity contribution >= 4 is 11.9 Å². The Kier molecular flexibility index (Phi) is 3.96. The molecule has 22 heavy (non-hydrogen) atoms. The Morgan fingerprint density at radius 1 is 1.09 bits per heavy atom. The number of carbonyl (C=O) groups is 1. The maximum absolute atomic E-state index is 12.2. The third-order valence-electron chi connectivity index (χ3n) is 3.35. The molecule has 0 spiro atoms. The lowest BCUT2D eigenvalue weighted by Gasteiger charge is -2.08. The molecular weight excluding hydrogens is 276 g/mol. The average Bonchev–Trinajstić information content (AvgIpc) is 2.96. The van der Waals surface area contributed by atoms with Crippen LogP contribution in [0.5, 0.6) is 0 Å². The minimum Gasteiger partial charge on any atom is -0.295 e. The summed E-state index contributed by atoms with van der Waals surface area (Å²) in [6, 6.07) is 17.4. The second-order valence-electron chi connectivity index (χ2n) is 5.09. The van der Waals surface area contributed by atoms with E-state index in [4.69, 9.17) is 0 Å². The van der Waals surface area contributed by atoms with Gasteiger partial charge in [-0.15, -0.1) is 10.2 Å². The van der Waals surface area contributed by atoms with Gasteiger partial charge in [0.15, 0.2) is 0 Å². The van der Waals surface area contributed by atoms with Crippen LogP contribution < -0.4 is 5.32 Å². The molecule has 1 N–H and O–H groups in total. The fourth-order valence-corrected chi connectivity index (χ4v) is 2.13. The van der Waals surface area contributed by atoms with Gasteiger partial charge in [0, 0.05) is 5.56 Å². The molecule has 3 aromatic rings. The van der Waals surface area contributed by atoms with Gasteiger partial charge in [-0.3, -0.25) is 14.7 Å². The van der Waals surface area contributed by atoms with E-state index in [1.807, 2.05) is 49.4 Å². The molecular formula is C17H16N4O. The second kappa shape index (κ2) is 6.22. The number of hydrogen-bond acceptors (Lipinski definition) is 3. The van der Waals surface area contributed by atoms with Crippen molar-refractivity contribution in [2.75, 3.05) is 5.32 Å². The Hall–Kier alpha value is -2.95. The molecule has 0 saturated heterocycles. The van der Waals surface area contributed by atoms with Crippen LogP contribution in [0.25, 0.3) is 0 Å². The summed E-state index contributed by atoms with van der Waals surface area (Å²) in [6.45, 7) is 2.59. The number of nitrogens with one attached hydrogen (secondary N) is 1. The van der Waals surface area contributed by atoms with Crippen LogP contribution in [0, 0.1) is 6.92 Å². The maximum atomic E-state index is 12.2. The molecule has 3 rings (SSSR count). The molecule has 0 aliphatic rings. The fraction of sp³-hybridized carbons (Fsp3) is 0.118. The van der Waals surface area contributed by atoms with Gasteiger partial charge in [-0.25, -0.2) is 0 Å². The van der Waals surface area contributed by atoms with Gasteiger partial charge in [-0.2, -0.15) is 0 Å². The van der Waals surface area contributed by atoms with Crippen molar-refractivity contribution in [1.82, 2.24) is 14.8 Å². The lowest BCUT2D eigenvalue weighted by Crippen LogP contribution is -2.16. The van der Waals surface area contributed by atoms with Crippen LogP contribution in [-0.4, -0.2) is 20.7 Å². The van der Waals surface area contributed by atoms with Crippen LogP contribution in [0.15, 0.2) is 60.9 Å². The molecule has 5 heteroatoms. The van der Waals surface area contributed by atoms with Gasteiger partial charge in [-0.1, -0.05) is 48.0 Å². The van der Waals surface area contributed by atoms with Crippen molar-refractivity contribution in [2.45, 2.75) is 13.5 Å². The van der Waals surface area contributed by atoms with Crippen molar-refractivity contribution in [3.05, 3.63) is 77.6 Å². The standard InChI is InChI=1S/C17H16N4O/c1-13-7-9-15(10-8-13)16(22)19-17-20-18-12-21(17)11-14-5-3-2-4-6-14/h2-10,12H,11H2,1H3,(H,19,20,22). The van der Waals surface area contributed by atoms with Gasteiger partial charge in [0.1, 0.15) is 6.33 Å². The summed E-state index contributed by atoms with van der Waals surface area (Å²) in [4.78, 5) is 12.2. The van der Waals surface area contributed by atoms with Crippen molar-refractivity contribution < 1.29 is 4.79 Å². The Bertz CT molecular complexity index is 763. The number of carbonyl (C=O) groups excluding carboxylic acids is 1. The van der Waals surface area contributed by atoms with Gasteiger partial charge in [0.25, 0.3) is 5.91 Å². The first-order valence-electron chi connectivity index (χ1n) is 7.02.